The van der Waals surface area contributed by atoms with Crippen LogP contribution in [0.25, 0.3) is 11.1 Å². The zero-order valence-electron chi connectivity index (χ0n) is 17.6. The molecule has 3 atom stereocenters. The summed E-state index contributed by atoms with van der Waals surface area (Å²) in [4.78, 5) is 11.1. The number of hydrogen-bond acceptors (Lipinski definition) is 3. The van der Waals surface area contributed by atoms with Gasteiger partial charge in [0.05, 0.1) is 17.6 Å². The standard InChI is InChI=1S/C27H22FNO3/c1-15-17(14-29)3-2-4-19(15)20-9-11-24(28)26-21(20)10-12-25(26)32-18-7-5-16(6-8-18)22-13-23(22)27(30)31/h2-9,11,22-23,25H,10,12-13H2,1H3,(H,30,31)/t22?,23-,25?/m0/s1. The number of carboxylic acid groups (broad SMARTS) is 1. The Balaban J connectivity index is 1.42. The number of aliphatic carboxylic acids is 1. The molecule has 0 radical (unpaired) electrons. The molecule has 5 rings (SSSR count). The van der Waals surface area contributed by atoms with Crippen molar-refractivity contribution in [1.29, 1.82) is 5.26 Å². The molecule has 1 saturated carbocycles. The minimum atomic E-state index is -0.750. The maximum absolute atomic E-state index is 14.9. The number of ether oxygens (including phenoxy) is 1. The number of carboxylic acids is 1. The van der Waals surface area contributed by atoms with Gasteiger partial charge in [0.25, 0.3) is 0 Å². The molecule has 0 bridgehead atoms. The summed E-state index contributed by atoms with van der Waals surface area (Å²) >= 11 is 0. The smallest absolute Gasteiger partial charge is 0.307 e. The zero-order chi connectivity index (χ0) is 22.4. The molecule has 0 amide bonds. The van der Waals surface area contributed by atoms with Gasteiger partial charge in [-0.05, 0) is 84.2 Å². The predicted molar refractivity (Wildman–Crippen MR) is 118 cm³/mol. The van der Waals surface area contributed by atoms with Crippen LogP contribution in [0, 0.1) is 30.0 Å². The molecule has 2 unspecified atom stereocenters. The maximum Gasteiger partial charge on any atom is 0.307 e. The van der Waals surface area contributed by atoms with Crippen LogP contribution in [-0.2, 0) is 11.2 Å². The van der Waals surface area contributed by atoms with Gasteiger partial charge in [0.2, 0.25) is 0 Å². The lowest BCUT2D eigenvalue weighted by atomic mass is 9.91. The number of hydrogen-bond donors (Lipinski definition) is 1. The second-order valence-corrected chi connectivity index (χ2v) is 8.58. The lowest BCUT2D eigenvalue weighted by Crippen LogP contribution is -2.06. The number of carbonyl (C=O) groups is 1. The van der Waals surface area contributed by atoms with E-state index in [1.54, 1.807) is 12.1 Å². The SMILES string of the molecule is Cc1c(C#N)cccc1-c1ccc(F)c2c1CCC2Oc1ccc(C2C[C@@H]2C(=O)O)cc1. The minimum Gasteiger partial charge on any atom is -0.486 e. The largest absolute Gasteiger partial charge is 0.486 e. The fourth-order valence-electron chi connectivity index (χ4n) is 4.89. The van der Waals surface area contributed by atoms with E-state index in [1.165, 1.54) is 6.07 Å². The van der Waals surface area contributed by atoms with Gasteiger partial charge in [-0.15, -0.1) is 0 Å². The highest BCUT2D eigenvalue weighted by Gasteiger charge is 2.44. The summed E-state index contributed by atoms with van der Waals surface area (Å²) < 4.78 is 21.1. The van der Waals surface area contributed by atoms with Crippen LogP contribution in [0.4, 0.5) is 4.39 Å². The third-order valence-corrected chi connectivity index (χ3v) is 6.72. The van der Waals surface area contributed by atoms with Crippen molar-refractivity contribution in [1.82, 2.24) is 0 Å². The topological polar surface area (TPSA) is 70.3 Å². The van der Waals surface area contributed by atoms with Crippen molar-refractivity contribution in [2.45, 2.75) is 38.2 Å². The van der Waals surface area contributed by atoms with Crippen molar-refractivity contribution < 1.29 is 19.0 Å². The van der Waals surface area contributed by atoms with E-state index in [0.717, 1.165) is 27.8 Å². The summed E-state index contributed by atoms with van der Waals surface area (Å²) in [6, 6.07) is 18.6. The van der Waals surface area contributed by atoms with E-state index < -0.39 is 5.97 Å². The molecule has 160 valence electrons. The number of nitrogens with zero attached hydrogens (tertiary/aromatic N) is 1. The van der Waals surface area contributed by atoms with Crippen LogP contribution in [0.3, 0.4) is 0 Å². The number of rotatable bonds is 5. The molecular formula is C27H22FNO3. The fourth-order valence-corrected chi connectivity index (χ4v) is 4.89. The Hall–Kier alpha value is -3.65. The molecule has 0 heterocycles. The van der Waals surface area contributed by atoms with Crippen LogP contribution in [0.2, 0.25) is 0 Å². The highest BCUT2D eigenvalue weighted by molar-refractivity contribution is 5.75. The number of nitriles is 1. The second kappa shape index (κ2) is 7.80. The molecule has 5 heteroatoms. The van der Waals surface area contributed by atoms with Gasteiger partial charge in [-0.1, -0.05) is 30.3 Å². The van der Waals surface area contributed by atoms with Gasteiger partial charge in [0.15, 0.2) is 0 Å². The number of fused-ring (bicyclic) bond motifs is 1. The monoisotopic (exact) mass is 427 g/mol. The first kappa shape index (κ1) is 20.3. The molecule has 1 N–H and O–H groups in total. The maximum atomic E-state index is 14.9. The quantitative estimate of drug-likeness (QED) is 0.548. The molecule has 0 aliphatic heterocycles. The average molecular weight is 427 g/mol. The van der Waals surface area contributed by atoms with Crippen LogP contribution in [0.5, 0.6) is 5.75 Å². The Morgan fingerprint density at radius 2 is 1.91 bits per heavy atom. The molecular weight excluding hydrogens is 405 g/mol. The van der Waals surface area contributed by atoms with E-state index in [0.29, 0.717) is 36.1 Å². The number of halogens is 1. The van der Waals surface area contributed by atoms with E-state index in [1.807, 2.05) is 43.3 Å². The lowest BCUT2D eigenvalue weighted by molar-refractivity contribution is -0.138. The second-order valence-electron chi connectivity index (χ2n) is 8.58. The van der Waals surface area contributed by atoms with Crippen LogP contribution < -0.4 is 4.74 Å². The van der Waals surface area contributed by atoms with Crippen molar-refractivity contribution in [2.75, 3.05) is 0 Å². The highest BCUT2D eigenvalue weighted by atomic mass is 19.1. The first-order chi connectivity index (χ1) is 15.5. The van der Waals surface area contributed by atoms with Gasteiger partial charge in [-0.25, -0.2) is 4.39 Å². The molecule has 32 heavy (non-hydrogen) atoms. The molecule has 0 spiro atoms. The van der Waals surface area contributed by atoms with Crippen LogP contribution in [-0.4, -0.2) is 11.1 Å². The summed E-state index contributed by atoms with van der Waals surface area (Å²) in [6.45, 7) is 1.92. The van der Waals surface area contributed by atoms with Gasteiger partial charge >= 0.3 is 5.97 Å². The lowest BCUT2D eigenvalue weighted by Gasteiger charge is -2.17. The Labute approximate surface area is 185 Å². The van der Waals surface area contributed by atoms with Crippen molar-refractivity contribution in [3.63, 3.8) is 0 Å². The molecule has 3 aromatic carbocycles. The molecule has 0 saturated heterocycles. The highest BCUT2D eigenvalue weighted by Crippen LogP contribution is 2.48. The molecule has 4 nitrogen and oxygen atoms in total. The van der Waals surface area contributed by atoms with Gasteiger partial charge in [0, 0.05) is 5.56 Å². The molecule has 0 aromatic heterocycles. The molecule has 2 aliphatic rings. The first-order valence-corrected chi connectivity index (χ1v) is 10.8. The zero-order valence-corrected chi connectivity index (χ0v) is 17.6. The van der Waals surface area contributed by atoms with Crippen LogP contribution >= 0.6 is 0 Å². The van der Waals surface area contributed by atoms with Crippen LogP contribution in [0.1, 0.15) is 52.7 Å². The third kappa shape index (κ3) is 3.42. The van der Waals surface area contributed by atoms with E-state index in [2.05, 4.69) is 6.07 Å². The Morgan fingerprint density at radius 3 is 2.59 bits per heavy atom. The summed E-state index contributed by atoms with van der Waals surface area (Å²) in [6.07, 6.45) is 1.66. The summed E-state index contributed by atoms with van der Waals surface area (Å²) in [7, 11) is 0. The van der Waals surface area contributed by atoms with Crippen molar-refractivity contribution in [3.8, 4) is 22.9 Å². The van der Waals surface area contributed by atoms with Gasteiger partial charge in [0.1, 0.15) is 17.7 Å². The van der Waals surface area contributed by atoms with E-state index in [4.69, 9.17) is 9.84 Å². The summed E-state index contributed by atoms with van der Waals surface area (Å²) in [5, 5.41) is 18.5. The first-order valence-electron chi connectivity index (χ1n) is 10.8. The predicted octanol–water partition coefficient (Wildman–Crippen LogP) is 5.93. The summed E-state index contributed by atoms with van der Waals surface area (Å²) in [5.41, 5.74) is 5.93. The molecule has 1 fully saturated rings. The van der Waals surface area contributed by atoms with Gasteiger partial charge in [-0.2, -0.15) is 5.26 Å². The van der Waals surface area contributed by atoms with Gasteiger partial charge < -0.3 is 9.84 Å². The van der Waals surface area contributed by atoms with E-state index >= 15 is 0 Å². The Kier molecular flexibility index (Phi) is 4.94. The van der Waals surface area contributed by atoms with Crippen molar-refractivity contribution in [3.05, 3.63) is 88.2 Å². The Bertz CT molecular complexity index is 1260. The molecule has 2 aliphatic carbocycles. The van der Waals surface area contributed by atoms with Crippen LogP contribution in [0.15, 0.2) is 54.6 Å². The summed E-state index contributed by atoms with van der Waals surface area (Å²) in [5.74, 6) is -0.606. The Morgan fingerprint density at radius 1 is 1.12 bits per heavy atom. The van der Waals surface area contributed by atoms with Gasteiger partial charge in [-0.3, -0.25) is 4.79 Å². The van der Waals surface area contributed by atoms with Crippen molar-refractivity contribution in [2.24, 2.45) is 5.92 Å². The average Bonchev–Trinajstić information content (AvgIpc) is 3.49. The molecule has 3 aromatic rings. The minimum absolute atomic E-state index is 0.0705. The normalized spacial score (nSPS) is 21.0. The third-order valence-electron chi connectivity index (χ3n) is 6.72. The van der Waals surface area contributed by atoms with E-state index in [9.17, 15) is 14.4 Å². The van der Waals surface area contributed by atoms with E-state index in [-0.39, 0.29) is 23.8 Å². The van der Waals surface area contributed by atoms with Crippen molar-refractivity contribution >= 4 is 5.97 Å². The number of benzene rings is 3. The fraction of sp³-hybridized carbons (Fsp3) is 0.259.